The van der Waals surface area contributed by atoms with Gasteiger partial charge in [0.15, 0.2) is 6.61 Å². The Balaban J connectivity index is 1.70. The van der Waals surface area contributed by atoms with Crippen LogP contribution in [0.4, 0.5) is 0 Å². The SMILES string of the molecule is C[C@](O)(CNS(=O)(=O)c1ccc(OCC(N)=O)cc1)c1cc2ccccc2s1. The van der Waals surface area contributed by atoms with E-state index < -0.39 is 21.5 Å². The van der Waals surface area contributed by atoms with Crippen LogP contribution in [0.3, 0.4) is 0 Å². The molecule has 0 aliphatic carbocycles. The minimum absolute atomic E-state index is 0.0195. The van der Waals surface area contributed by atoms with Gasteiger partial charge in [-0.1, -0.05) is 18.2 Å². The third-order valence-electron chi connectivity index (χ3n) is 4.08. The second-order valence-electron chi connectivity index (χ2n) is 6.47. The maximum Gasteiger partial charge on any atom is 0.255 e. The lowest BCUT2D eigenvalue weighted by Gasteiger charge is -2.22. The maximum absolute atomic E-state index is 12.5. The molecule has 1 aromatic heterocycles. The van der Waals surface area contributed by atoms with Gasteiger partial charge in [0.05, 0.1) is 4.90 Å². The van der Waals surface area contributed by atoms with Crippen LogP contribution in [0.15, 0.2) is 59.5 Å². The van der Waals surface area contributed by atoms with Gasteiger partial charge in [0.2, 0.25) is 10.0 Å². The molecule has 9 heteroatoms. The van der Waals surface area contributed by atoms with E-state index in [1.54, 1.807) is 6.92 Å². The van der Waals surface area contributed by atoms with E-state index in [2.05, 4.69) is 4.72 Å². The Kier molecular flexibility index (Phi) is 5.71. The fourth-order valence-corrected chi connectivity index (χ4v) is 4.76. The molecule has 148 valence electrons. The molecule has 0 radical (unpaired) electrons. The van der Waals surface area contributed by atoms with Gasteiger partial charge in [-0.3, -0.25) is 4.79 Å². The predicted octanol–water partition coefficient (Wildman–Crippen LogP) is 1.95. The summed E-state index contributed by atoms with van der Waals surface area (Å²) >= 11 is 1.42. The van der Waals surface area contributed by atoms with Crippen molar-refractivity contribution >= 4 is 37.4 Å². The zero-order chi connectivity index (χ0) is 20.4. The summed E-state index contributed by atoms with van der Waals surface area (Å²) in [6.45, 7) is 1.10. The van der Waals surface area contributed by atoms with Crippen molar-refractivity contribution in [2.24, 2.45) is 5.73 Å². The lowest BCUT2D eigenvalue weighted by molar-refractivity contribution is -0.119. The van der Waals surface area contributed by atoms with E-state index in [-0.39, 0.29) is 18.0 Å². The van der Waals surface area contributed by atoms with E-state index in [0.29, 0.717) is 10.6 Å². The monoisotopic (exact) mass is 420 g/mol. The molecule has 1 heterocycles. The molecule has 28 heavy (non-hydrogen) atoms. The number of fused-ring (bicyclic) bond motifs is 1. The largest absolute Gasteiger partial charge is 0.484 e. The Morgan fingerprint density at radius 3 is 2.54 bits per heavy atom. The number of carbonyl (C=O) groups excluding carboxylic acids is 1. The average Bonchev–Trinajstić information content (AvgIpc) is 3.10. The Bertz CT molecular complexity index is 1060. The molecule has 0 bridgehead atoms. The Hall–Kier alpha value is -2.46. The van der Waals surface area contributed by atoms with Crippen molar-refractivity contribution in [2.75, 3.05) is 13.2 Å². The smallest absolute Gasteiger partial charge is 0.255 e. The van der Waals surface area contributed by atoms with Crippen molar-refractivity contribution in [2.45, 2.75) is 17.4 Å². The third kappa shape index (κ3) is 4.68. The zero-order valence-corrected chi connectivity index (χ0v) is 16.7. The molecule has 3 rings (SSSR count). The van der Waals surface area contributed by atoms with Crippen LogP contribution < -0.4 is 15.2 Å². The van der Waals surface area contributed by atoms with Crippen LogP contribution in [0.5, 0.6) is 5.75 Å². The van der Waals surface area contributed by atoms with Crippen LogP contribution in [0.1, 0.15) is 11.8 Å². The summed E-state index contributed by atoms with van der Waals surface area (Å²) in [5, 5.41) is 11.8. The first-order valence-electron chi connectivity index (χ1n) is 8.40. The summed E-state index contributed by atoms with van der Waals surface area (Å²) < 4.78 is 33.6. The molecule has 0 aliphatic rings. The van der Waals surface area contributed by atoms with Crippen LogP contribution in [0, 0.1) is 0 Å². The van der Waals surface area contributed by atoms with Crippen molar-refractivity contribution in [1.82, 2.24) is 4.72 Å². The summed E-state index contributed by atoms with van der Waals surface area (Å²) in [7, 11) is -3.83. The fourth-order valence-electron chi connectivity index (χ4n) is 2.52. The predicted molar refractivity (Wildman–Crippen MR) is 108 cm³/mol. The van der Waals surface area contributed by atoms with Gasteiger partial charge >= 0.3 is 0 Å². The number of sulfonamides is 1. The Labute approximate surface area is 166 Å². The molecule has 3 aromatic rings. The number of nitrogens with one attached hydrogen (secondary N) is 1. The first-order chi connectivity index (χ1) is 13.2. The Morgan fingerprint density at radius 2 is 1.89 bits per heavy atom. The standard InChI is InChI=1S/C19H20N2O5S2/c1-19(23,17-10-13-4-2-3-5-16(13)27-17)12-21-28(24,25)15-8-6-14(7-9-15)26-11-18(20)22/h2-10,21,23H,11-12H2,1H3,(H2,20,22)/t19-/m0/s1. The molecular formula is C19H20N2O5S2. The number of ether oxygens (including phenoxy) is 1. The van der Waals surface area contributed by atoms with Crippen LogP contribution >= 0.6 is 11.3 Å². The van der Waals surface area contributed by atoms with Crippen molar-refractivity contribution in [3.63, 3.8) is 0 Å². The Morgan fingerprint density at radius 1 is 1.21 bits per heavy atom. The highest BCUT2D eigenvalue weighted by molar-refractivity contribution is 7.89. The lowest BCUT2D eigenvalue weighted by Crippen LogP contribution is -2.38. The molecule has 4 N–H and O–H groups in total. The van der Waals surface area contributed by atoms with Gasteiger partial charge < -0.3 is 15.6 Å². The number of hydrogen-bond acceptors (Lipinski definition) is 6. The molecular weight excluding hydrogens is 400 g/mol. The molecule has 0 spiro atoms. The topological polar surface area (TPSA) is 119 Å². The zero-order valence-electron chi connectivity index (χ0n) is 15.1. The van der Waals surface area contributed by atoms with E-state index in [0.717, 1.165) is 10.1 Å². The molecule has 0 aliphatic heterocycles. The maximum atomic E-state index is 12.5. The van der Waals surface area contributed by atoms with Gasteiger partial charge in [-0.2, -0.15) is 0 Å². The second kappa shape index (κ2) is 7.88. The fraction of sp³-hybridized carbons (Fsp3) is 0.211. The number of rotatable bonds is 8. The van der Waals surface area contributed by atoms with Gasteiger partial charge in [-0.25, -0.2) is 13.1 Å². The van der Waals surface area contributed by atoms with Crippen LogP contribution in [0.25, 0.3) is 10.1 Å². The van der Waals surface area contributed by atoms with E-state index in [1.807, 2.05) is 30.3 Å². The highest BCUT2D eigenvalue weighted by Gasteiger charge is 2.28. The molecule has 2 aromatic carbocycles. The highest BCUT2D eigenvalue weighted by atomic mass is 32.2. The number of benzene rings is 2. The van der Waals surface area contributed by atoms with Crippen molar-refractivity contribution in [3.05, 3.63) is 59.5 Å². The molecule has 1 atom stereocenters. The van der Waals surface area contributed by atoms with Crippen molar-refractivity contribution in [3.8, 4) is 5.75 Å². The van der Waals surface area contributed by atoms with Crippen LogP contribution in [0.2, 0.25) is 0 Å². The first-order valence-corrected chi connectivity index (χ1v) is 10.7. The van der Waals surface area contributed by atoms with Gasteiger partial charge in [-0.05, 0) is 48.7 Å². The van der Waals surface area contributed by atoms with E-state index >= 15 is 0 Å². The van der Waals surface area contributed by atoms with Gasteiger partial charge in [0.25, 0.3) is 5.91 Å². The van der Waals surface area contributed by atoms with E-state index in [9.17, 15) is 18.3 Å². The van der Waals surface area contributed by atoms with Crippen molar-refractivity contribution < 1.29 is 23.1 Å². The second-order valence-corrected chi connectivity index (χ2v) is 9.32. The summed E-state index contributed by atoms with van der Waals surface area (Å²) in [6, 6.07) is 15.1. The average molecular weight is 421 g/mol. The number of nitrogens with two attached hydrogens (primary N) is 1. The normalized spacial score (nSPS) is 13.9. The number of amides is 1. The molecule has 1 amide bonds. The van der Waals surface area contributed by atoms with Crippen molar-refractivity contribution in [1.29, 1.82) is 0 Å². The minimum Gasteiger partial charge on any atom is -0.484 e. The summed E-state index contributed by atoms with van der Waals surface area (Å²) in [5.41, 5.74) is 3.64. The van der Waals surface area contributed by atoms with Gasteiger partial charge in [0.1, 0.15) is 11.4 Å². The van der Waals surface area contributed by atoms with E-state index in [1.165, 1.54) is 35.6 Å². The third-order valence-corrected chi connectivity index (χ3v) is 6.86. The molecule has 0 saturated heterocycles. The summed E-state index contributed by atoms with van der Waals surface area (Å²) in [6.07, 6.45) is 0. The molecule has 0 saturated carbocycles. The summed E-state index contributed by atoms with van der Waals surface area (Å²) in [5.74, 6) is -0.295. The lowest BCUT2D eigenvalue weighted by atomic mass is 10.1. The van der Waals surface area contributed by atoms with Gasteiger partial charge in [-0.15, -0.1) is 11.3 Å². The van der Waals surface area contributed by atoms with Crippen LogP contribution in [-0.4, -0.2) is 32.6 Å². The van der Waals surface area contributed by atoms with Gasteiger partial charge in [0, 0.05) is 16.1 Å². The number of hydrogen-bond donors (Lipinski definition) is 3. The number of carbonyl (C=O) groups is 1. The highest BCUT2D eigenvalue weighted by Crippen LogP contribution is 2.33. The first kappa shape index (κ1) is 20.3. The van der Waals surface area contributed by atoms with E-state index in [4.69, 9.17) is 10.5 Å². The summed E-state index contributed by atoms with van der Waals surface area (Å²) in [4.78, 5) is 11.4. The molecule has 0 unspecified atom stereocenters. The number of aliphatic hydroxyl groups is 1. The number of thiophene rings is 1. The number of primary amides is 1. The quantitative estimate of drug-likeness (QED) is 0.515. The molecule has 0 fully saturated rings. The minimum atomic E-state index is -3.83. The molecule has 7 nitrogen and oxygen atoms in total. The van der Waals surface area contributed by atoms with Crippen LogP contribution in [-0.2, 0) is 20.4 Å².